The van der Waals surface area contributed by atoms with Crippen molar-refractivity contribution in [2.24, 2.45) is 5.92 Å². The largest absolute Gasteiger partial charge is 0.378 e. The summed E-state index contributed by atoms with van der Waals surface area (Å²) in [5.41, 5.74) is -0.161. The van der Waals surface area contributed by atoms with E-state index in [9.17, 15) is 4.79 Å². The topological polar surface area (TPSA) is 47.6 Å². The van der Waals surface area contributed by atoms with Crippen molar-refractivity contribution < 1.29 is 14.3 Å². The van der Waals surface area contributed by atoms with E-state index in [1.807, 2.05) is 14.0 Å². The molecule has 1 spiro atoms. The van der Waals surface area contributed by atoms with Gasteiger partial charge in [-0.15, -0.1) is 0 Å². The summed E-state index contributed by atoms with van der Waals surface area (Å²) in [7, 11) is 1.83. The van der Waals surface area contributed by atoms with Crippen molar-refractivity contribution in [1.82, 2.24) is 5.32 Å². The summed E-state index contributed by atoms with van der Waals surface area (Å²) >= 11 is 0. The van der Waals surface area contributed by atoms with Gasteiger partial charge in [0, 0.05) is 25.6 Å². The lowest BCUT2D eigenvalue weighted by molar-refractivity contribution is -0.138. The van der Waals surface area contributed by atoms with Crippen molar-refractivity contribution >= 4 is 5.78 Å². The standard InChI is InChI=1S/C12H21NO3/c1-9(13-2)11(14)10-3-5-16-12(7-10)4-6-15-8-12/h9-10,13H,3-8H2,1-2H3. The maximum Gasteiger partial charge on any atom is 0.152 e. The Kier molecular flexibility index (Phi) is 3.62. The van der Waals surface area contributed by atoms with Gasteiger partial charge in [-0.3, -0.25) is 4.79 Å². The highest BCUT2D eigenvalue weighted by Gasteiger charge is 2.43. The molecule has 0 bridgehead atoms. The minimum absolute atomic E-state index is 0.0533. The Bertz CT molecular complexity index is 261. The smallest absolute Gasteiger partial charge is 0.152 e. The monoisotopic (exact) mass is 227 g/mol. The van der Waals surface area contributed by atoms with Gasteiger partial charge >= 0.3 is 0 Å². The molecule has 0 amide bonds. The van der Waals surface area contributed by atoms with E-state index >= 15 is 0 Å². The number of hydrogen-bond donors (Lipinski definition) is 1. The fourth-order valence-corrected chi connectivity index (χ4v) is 2.63. The van der Waals surface area contributed by atoms with Crippen molar-refractivity contribution in [1.29, 1.82) is 0 Å². The molecule has 3 atom stereocenters. The normalized spacial score (nSPS) is 36.5. The van der Waals surface area contributed by atoms with Crippen molar-refractivity contribution in [2.45, 2.75) is 37.8 Å². The van der Waals surface area contributed by atoms with Crippen LogP contribution in [0.4, 0.5) is 0 Å². The molecule has 2 aliphatic heterocycles. The van der Waals surface area contributed by atoms with Gasteiger partial charge in [-0.2, -0.15) is 0 Å². The number of nitrogens with one attached hydrogen (secondary N) is 1. The van der Waals surface area contributed by atoms with E-state index in [2.05, 4.69) is 5.32 Å². The number of hydrogen-bond acceptors (Lipinski definition) is 4. The lowest BCUT2D eigenvalue weighted by atomic mass is 9.81. The molecule has 2 aliphatic rings. The molecule has 92 valence electrons. The Morgan fingerprint density at radius 2 is 2.31 bits per heavy atom. The fraction of sp³-hybridized carbons (Fsp3) is 0.917. The van der Waals surface area contributed by atoms with E-state index in [1.54, 1.807) is 0 Å². The van der Waals surface area contributed by atoms with Crippen LogP contribution >= 0.6 is 0 Å². The molecule has 16 heavy (non-hydrogen) atoms. The van der Waals surface area contributed by atoms with Crippen molar-refractivity contribution in [3.63, 3.8) is 0 Å². The summed E-state index contributed by atoms with van der Waals surface area (Å²) in [6.07, 6.45) is 2.62. The molecular formula is C12H21NO3. The molecule has 2 saturated heterocycles. The third-order valence-electron chi connectivity index (χ3n) is 3.82. The molecule has 0 aliphatic carbocycles. The van der Waals surface area contributed by atoms with Gasteiger partial charge in [0.15, 0.2) is 5.78 Å². The van der Waals surface area contributed by atoms with E-state index in [0.717, 1.165) is 25.9 Å². The summed E-state index contributed by atoms with van der Waals surface area (Å²) in [6.45, 7) is 4.04. The lowest BCUT2D eigenvalue weighted by Gasteiger charge is -2.37. The molecule has 2 rings (SSSR count). The summed E-state index contributed by atoms with van der Waals surface area (Å²) in [5, 5.41) is 3.02. The predicted octanol–water partition coefficient (Wildman–Crippen LogP) is 0.749. The summed E-state index contributed by atoms with van der Waals surface area (Å²) in [6, 6.07) is -0.0533. The number of ketones is 1. The van der Waals surface area contributed by atoms with Crippen LogP contribution in [0.2, 0.25) is 0 Å². The number of rotatable bonds is 3. The van der Waals surface area contributed by atoms with Gasteiger partial charge in [-0.25, -0.2) is 0 Å². The van der Waals surface area contributed by atoms with E-state index in [0.29, 0.717) is 19.0 Å². The zero-order valence-corrected chi connectivity index (χ0v) is 10.1. The average molecular weight is 227 g/mol. The van der Waals surface area contributed by atoms with Crippen LogP contribution in [0.1, 0.15) is 26.2 Å². The molecule has 3 unspecified atom stereocenters. The quantitative estimate of drug-likeness (QED) is 0.773. The van der Waals surface area contributed by atoms with E-state index in [-0.39, 0.29) is 17.6 Å². The van der Waals surface area contributed by atoms with Gasteiger partial charge in [0.2, 0.25) is 0 Å². The summed E-state index contributed by atoms with van der Waals surface area (Å²) in [5.74, 6) is 0.454. The first-order valence-corrected chi connectivity index (χ1v) is 6.09. The highest BCUT2D eigenvalue weighted by atomic mass is 16.6. The van der Waals surface area contributed by atoms with Crippen LogP contribution < -0.4 is 5.32 Å². The van der Waals surface area contributed by atoms with E-state index in [4.69, 9.17) is 9.47 Å². The SMILES string of the molecule is CNC(C)C(=O)C1CCOC2(CCOC2)C1. The highest BCUT2D eigenvalue weighted by molar-refractivity contribution is 5.86. The Labute approximate surface area is 96.7 Å². The maximum atomic E-state index is 12.1. The second-order valence-electron chi connectivity index (χ2n) is 4.94. The lowest BCUT2D eigenvalue weighted by Crippen LogP contribution is -2.46. The number of likely N-dealkylation sites (N-methyl/N-ethyl adjacent to an activating group) is 1. The van der Waals surface area contributed by atoms with Crippen LogP contribution in [0.5, 0.6) is 0 Å². The molecule has 2 heterocycles. The van der Waals surface area contributed by atoms with Crippen molar-refractivity contribution in [2.75, 3.05) is 26.9 Å². The number of carbonyl (C=O) groups excluding carboxylic acids is 1. The van der Waals surface area contributed by atoms with Gasteiger partial charge in [0.05, 0.1) is 18.2 Å². The molecule has 0 saturated carbocycles. The fourth-order valence-electron chi connectivity index (χ4n) is 2.63. The highest BCUT2D eigenvalue weighted by Crippen LogP contribution is 2.36. The van der Waals surface area contributed by atoms with Crippen LogP contribution in [0.3, 0.4) is 0 Å². The molecule has 4 heteroatoms. The number of carbonyl (C=O) groups is 1. The first-order chi connectivity index (χ1) is 7.67. The Morgan fingerprint density at radius 3 is 2.94 bits per heavy atom. The van der Waals surface area contributed by atoms with E-state index < -0.39 is 0 Å². The van der Waals surface area contributed by atoms with Crippen LogP contribution in [-0.2, 0) is 14.3 Å². The Morgan fingerprint density at radius 1 is 1.50 bits per heavy atom. The van der Waals surface area contributed by atoms with E-state index in [1.165, 1.54) is 0 Å². The predicted molar refractivity (Wildman–Crippen MR) is 60.4 cm³/mol. The molecule has 0 radical (unpaired) electrons. The number of ether oxygens (including phenoxy) is 2. The minimum Gasteiger partial charge on any atom is -0.378 e. The van der Waals surface area contributed by atoms with Gasteiger partial charge in [0.1, 0.15) is 0 Å². The number of Topliss-reactive ketones (excluding diaryl/α,β-unsaturated/α-hetero) is 1. The Hall–Kier alpha value is -0.450. The van der Waals surface area contributed by atoms with Gasteiger partial charge in [-0.05, 0) is 26.8 Å². The third-order valence-corrected chi connectivity index (χ3v) is 3.82. The molecule has 1 N–H and O–H groups in total. The van der Waals surface area contributed by atoms with Crippen LogP contribution in [0.25, 0.3) is 0 Å². The van der Waals surface area contributed by atoms with Crippen molar-refractivity contribution in [3.8, 4) is 0 Å². The molecular weight excluding hydrogens is 206 g/mol. The summed E-state index contributed by atoms with van der Waals surface area (Å²) in [4.78, 5) is 12.1. The molecule has 0 aromatic heterocycles. The minimum atomic E-state index is -0.161. The molecule has 0 aromatic carbocycles. The van der Waals surface area contributed by atoms with Gasteiger partial charge in [-0.1, -0.05) is 0 Å². The second kappa shape index (κ2) is 4.82. The Balaban J connectivity index is 1.98. The second-order valence-corrected chi connectivity index (χ2v) is 4.94. The molecule has 2 fully saturated rings. The van der Waals surface area contributed by atoms with Gasteiger partial charge in [0.25, 0.3) is 0 Å². The molecule has 4 nitrogen and oxygen atoms in total. The zero-order chi connectivity index (χ0) is 11.6. The maximum absolute atomic E-state index is 12.1. The van der Waals surface area contributed by atoms with Gasteiger partial charge < -0.3 is 14.8 Å². The third kappa shape index (κ3) is 2.29. The first kappa shape index (κ1) is 12.0. The summed E-state index contributed by atoms with van der Waals surface area (Å²) < 4.78 is 11.2. The molecule has 0 aromatic rings. The van der Waals surface area contributed by atoms with Crippen LogP contribution in [-0.4, -0.2) is 44.3 Å². The van der Waals surface area contributed by atoms with Crippen LogP contribution in [0, 0.1) is 5.92 Å². The van der Waals surface area contributed by atoms with Crippen LogP contribution in [0.15, 0.2) is 0 Å². The first-order valence-electron chi connectivity index (χ1n) is 6.09. The average Bonchev–Trinajstić information content (AvgIpc) is 2.75. The van der Waals surface area contributed by atoms with Crippen molar-refractivity contribution in [3.05, 3.63) is 0 Å². The zero-order valence-electron chi connectivity index (χ0n) is 10.1.